The van der Waals surface area contributed by atoms with Crippen LogP contribution in [-0.2, 0) is 0 Å². The van der Waals surface area contributed by atoms with Gasteiger partial charge in [-0.25, -0.2) is 0 Å². The van der Waals surface area contributed by atoms with Crippen molar-refractivity contribution in [1.82, 2.24) is 4.90 Å². The molecule has 0 spiro atoms. The van der Waals surface area contributed by atoms with Crippen molar-refractivity contribution in [3.8, 4) is 5.75 Å². The molecule has 1 aliphatic rings. The zero-order valence-electron chi connectivity index (χ0n) is 12.5. The first kappa shape index (κ1) is 15.4. The quantitative estimate of drug-likeness (QED) is 0.780. The van der Waals surface area contributed by atoms with Crippen molar-refractivity contribution in [1.29, 1.82) is 0 Å². The van der Waals surface area contributed by atoms with Crippen LogP contribution in [0.2, 0.25) is 0 Å². The molecule has 1 aromatic carbocycles. The smallest absolute Gasteiger partial charge is 0.180 e. The van der Waals surface area contributed by atoms with Crippen LogP contribution in [0.15, 0.2) is 24.3 Å². The lowest BCUT2D eigenvalue weighted by Crippen LogP contribution is -2.46. The van der Waals surface area contributed by atoms with Crippen molar-refractivity contribution in [3.63, 3.8) is 0 Å². The molecule has 1 saturated heterocycles. The van der Waals surface area contributed by atoms with Crippen LogP contribution in [-0.4, -0.2) is 47.4 Å². The molecule has 0 N–H and O–H groups in total. The predicted molar refractivity (Wildman–Crippen MR) is 84.9 cm³/mol. The third-order valence-corrected chi connectivity index (χ3v) is 5.19. The summed E-state index contributed by atoms with van der Waals surface area (Å²) < 4.78 is 5.55. The Bertz CT molecular complexity index is 464. The Morgan fingerprint density at radius 1 is 1.40 bits per heavy atom. The molecule has 1 aromatic rings. The first-order chi connectivity index (χ1) is 9.63. The largest absolute Gasteiger partial charge is 0.493 e. The number of Topliss-reactive ketones (excluding diaryl/α,β-unsaturated/α-hetero) is 1. The van der Waals surface area contributed by atoms with Crippen molar-refractivity contribution >= 4 is 17.5 Å². The summed E-state index contributed by atoms with van der Waals surface area (Å²) in [6.45, 7) is 8.43. The molecule has 1 fully saturated rings. The summed E-state index contributed by atoms with van der Waals surface area (Å²) in [5.74, 6) is 1.96. The molecule has 3 nitrogen and oxygen atoms in total. The van der Waals surface area contributed by atoms with E-state index in [-0.39, 0.29) is 5.78 Å². The standard InChI is InChI=1S/C16H23NO2S/c1-4-19-16-8-6-5-7-14(16)15(18)11-17-9-10-20-13(3)12(17)2/h5-8,12-13H,4,9-11H2,1-3H3. The Kier molecular flexibility index (Phi) is 5.49. The number of rotatable bonds is 5. The number of benzene rings is 1. The molecule has 0 saturated carbocycles. The maximum Gasteiger partial charge on any atom is 0.180 e. The Morgan fingerprint density at radius 3 is 2.90 bits per heavy atom. The normalized spacial score (nSPS) is 23.6. The van der Waals surface area contributed by atoms with Crippen LogP contribution in [0, 0.1) is 0 Å². The van der Waals surface area contributed by atoms with Gasteiger partial charge in [0.15, 0.2) is 5.78 Å². The summed E-state index contributed by atoms with van der Waals surface area (Å²) in [6, 6.07) is 7.98. The summed E-state index contributed by atoms with van der Waals surface area (Å²) >= 11 is 1.99. The molecule has 0 aromatic heterocycles. The van der Waals surface area contributed by atoms with Crippen LogP contribution < -0.4 is 4.74 Å². The second kappa shape index (κ2) is 7.14. The number of nitrogens with zero attached hydrogens (tertiary/aromatic N) is 1. The lowest BCUT2D eigenvalue weighted by molar-refractivity contribution is 0.0898. The van der Waals surface area contributed by atoms with E-state index < -0.39 is 0 Å². The summed E-state index contributed by atoms with van der Waals surface area (Å²) in [6.07, 6.45) is 0. The highest BCUT2D eigenvalue weighted by atomic mass is 32.2. The van der Waals surface area contributed by atoms with Gasteiger partial charge in [0, 0.05) is 23.6 Å². The highest BCUT2D eigenvalue weighted by Gasteiger charge is 2.27. The van der Waals surface area contributed by atoms with Crippen molar-refractivity contribution in [3.05, 3.63) is 29.8 Å². The number of ketones is 1. The molecule has 2 unspecified atom stereocenters. The Labute approximate surface area is 125 Å². The van der Waals surface area contributed by atoms with Gasteiger partial charge in [-0.2, -0.15) is 11.8 Å². The third-order valence-electron chi connectivity index (χ3n) is 3.85. The fraction of sp³-hybridized carbons (Fsp3) is 0.562. The van der Waals surface area contributed by atoms with Crippen LogP contribution in [0.4, 0.5) is 0 Å². The summed E-state index contributed by atoms with van der Waals surface area (Å²) in [5.41, 5.74) is 0.701. The summed E-state index contributed by atoms with van der Waals surface area (Å²) in [4.78, 5) is 14.8. The maximum absolute atomic E-state index is 12.5. The molecule has 110 valence electrons. The highest BCUT2D eigenvalue weighted by molar-refractivity contribution is 8.00. The third kappa shape index (κ3) is 3.55. The minimum absolute atomic E-state index is 0.153. The van der Waals surface area contributed by atoms with Crippen LogP contribution in [0.1, 0.15) is 31.1 Å². The fourth-order valence-electron chi connectivity index (χ4n) is 2.47. The number of thioether (sulfide) groups is 1. The van der Waals surface area contributed by atoms with Crippen molar-refractivity contribution < 1.29 is 9.53 Å². The topological polar surface area (TPSA) is 29.5 Å². The SMILES string of the molecule is CCOc1ccccc1C(=O)CN1CCSC(C)C1C. The predicted octanol–water partition coefficient (Wildman–Crippen LogP) is 3.09. The molecule has 2 atom stereocenters. The van der Waals surface area contributed by atoms with Crippen LogP contribution in [0.5, 0.6) is 5.75 Å². The second-order valence-electron chi connectivity index (χ2n) is 5.14. The number of carbonyl (C=O) groups excluding carboxylic acids is 1. The lowest BCUT2D eigenvalue weighted by atomic mass is 10.1. The highest BCUT2D eigenvalue weighted by Crippen LogP contribution is 2.25. The van der Waals surface area contributed by atoms with Crippen LogP contribution in [0.3, 0.4) is 0 Å². The van der Waals surface area contributed by atoms with Gasteiger partial charge in [0.25, 0.3) is 0 Å². The van der Waals surface area contributed by atoms with Gasteiger partial charge in [-0.1, -0.05) is 19.1 Å². The van der Waals surface area contributed by atoms with Gasteiger partial charge in [-0.05, 0) is 26.0 Å². The van der Waals surface area contributed by atoms with Crippen molar-refractivity contribution in [2.24, 2.45) is 0 Å². The first-order valence-corrected chi connectivity index (χ1v) is 8.29. The minimum atomic E-state index is 0.153. The van der Waals surface area contributed by atoms with Gasteiger partial charge >= 0.3 is 0 Å². The van der Waals surface area contributed by atoms with Gasteiger partial charge in [-0.3, -0.25) is 9.69 Å². The van der Waals surface area contributed by atoms with E-state index in [1.165, 1.54) is 0 Å². The van der Waals surface area contributed by atoms with Crippen molar-refractivity contribution in [2.75, 3.05) is 25.4 Å². The Morgan fingerprint density at radius 2 is 2.15 bits per heavy atom. The average Bonchev–Trinajstić information content (AvgIpc) is 2.45. The van der Waals surface area contributed by atoms with Gasteiger partial charge < -0.3 is 4.74 Å². The second-order valence-corrected chi connectivity index (χ2v) is 6.62. The van der Waals surface area contributed by atoms with E-state index in [0.29, 0.717) is 35.8 Å². The van der Waals surface area contributed by atoms with Gasteiger partial charge in [-0.15, -0.1) is 0 Å². The van der Waals surface area contributed by atoms with Gasteiger partial charge in [0.2, 0.25) is 0 Å². The maximum atomic E-state index is 12.5. The number of hydrogen-bond acceptors (Lipinski definition) is 4. The van der Waals surface area contributed by atoms with Crippen LogP contribution in [0.25, 0.3) is 0 Å². The molecule has 4 heteroatoms. The van der Waals surface area contributed by atoms with E-state index in [1.54, 1.807) is 0 Å². The zero-order chi connectivity index (χ0) is 14.5. The zero-order valence-corrected chi connectivity index (χ0v) is 13.3. The monoisotopic (exact) mass is 293 g/mol. The first-order valence-electron chi connectivity index (χ1n) is 7.24. The Balaban J connectivity index is 2.08. The molecular weight excluding hydrogens is 270 g/mol. The fourth-order valence-corrected chi connectivity index (χ4v) is 3.63. The molecule has 1 heterocycles. The summed E-state index contributed by atoms with van der Waals surface area (Å²) in [5, 5.41) is 0.582. The Hall–Kier alpha value is -1.00. The molecule has 20 heavy (non-hydrogen) atoms. The molecule has 2 rings (SSSR count). The summed E-state index contributed by atoms with van der Waals surface area (Å²) in [7, 11) is 0. The van der Waals surface area contributed by atoms with E-state index in [2.05, 4.69) is 18.7 Å². The van der Waals surface area contributed by atoms with Crippen LogP contribution >= 0.6 is 11.8 Å². The molecule has 0 aliphatic carbocycles. The molecule has 0 amide bonds. The number of para-hydroxylation sites is 1. The molecule has 1 aliphatic heterocycles. The van der Waals surface area contributed by atoms with E-state index >= 15 is 0 Å². The van der Waals surface area contributed by atoms with E-state index in [0.717, 1.165) is 12.3 Å². The molecule has 0 bridgehead atoms. The van der Waals surface area contributed by atoms with E-state index in [1.807, 2.05) is 43.0 Å². The average molecular weight is 293 g/mol. The lowest BCUT2D eigenvalue weighted by Gasteiger charge is -2.37. The molecular formula is C16H23NO2S. The number of hydrogen-bond donors (Lipinski definition) is 0. The number of ether oxygens (including phenoxy) is 1. The van der Waals surface area contributed by atoms with Crippen molar-refractivity contribution in [2.45, 2.75) is 32.1 Å². The molecule has 0 radical (unpaired) electrons. The van der Waals surface area contributed by atoms with Gasteiger partial charge in [0.05, 0.1) is 18.7 Å². The number of carbonyl (C=O) groups is 1. The van der Waals surface area contributed by atoms with E-state index in [4.69, 9.17) is 4.74 Å². The minimum Gasteiger partial charge on any atom is -0.493 e. The van der Waals surface area contributed by atoms with E-state index in [9.17, 15) is 4.79 Å². The van der Waals surface area contributed by atoms with Gasteiger partial charge in [0.1, 0.15) is 5.75 Å².